The number of carboxylic acids is 1. The third kappa shape index (κ3) is 7.46. The van der Waals surface area contributed by atoms with Crippen molar-refractivity contribution in [2.24, 2.45) is 0 Å². The third-order valence-corrected chi connectivity index (χ3v) is 8.81. The largest absolute Gasteiger partial charge is 1.00 e. The number of aryl methyl sites for hydroxylation is 2. The van der Waals surface area contributed by atoms with Crippen LogP contribution in [-0.2, 0) is 40.6 Å². The van der Waals surface area contributed by atoms with Gasteiger partial charge in [0, 0.05) is 12.2 Å². The van der Waals surface area contributed by atoms with E-state index >= 15 is 0 Å². The summed E-state index contributed by atoms with van der Waals surface area (Å²) in [6.07, 6.45) is 4.99. The summed E-state index contributed by atoms with van der Waals surface area (Å²) >= 11 is 0. The number of hydrogen-bond acceptors (Lipinski definition) is 8. The Kier molecular flexibility index (Phi) is 11.1. The average molecular weight is 623 g/mol. The zero-order valence-electron chi connectivity index (χ0n) is 24.6. The van der Waals surface area contributed by atoms with Crippen LogP contribution in [0, 0.1) is 22.7 Å². The van der Waals surface area contributed by atoms with Gasteiger partial charge in [-0.2, -0.15) is 10.5 Å². The molecular weight excluding hydrogens is 591 g/mol. The van der Waals surface area contributed by atoms with Crippen LogP contribution in [0.2, 0.25) is 0 Å². The van der Waals surface area contributed by atoms with E-state index in [1.54, 1.807) is 0 Å². The monoisotopic (exact) mass is 622 g/mol. The number of nitrogens with zero attached hydrogens (tertiary/aromatic N) is 2. The molecule has 5 rings (SSSR count). The third-order valence-electron chi connectivity index (χ3n) is 8.02. The Morgan fingerprint density at radius 1 is 0.795 bits per heavy atom. The number of unbranched alkanes of at least 4 members (excludes halogenated alkanes) is 2. The molecule has 0 saturated carbocycles. The fraction of sp³-hybridized carbons (Fsp3) is 0.364. The van der Waals surface area contributed by atoms with Crippen molar-refractivity contribution in [3.05, 3.63) is 69.8 Å². The minimum atomic E-state index is -4.29. The molecule has 0 radical (unpaired) electrons. The van der Waals surface area contributed by atoms with Gasteiger partial charge in [0.1, 0.15) is 23.6 Å². The van der Waals surface area contributed by atoms with Gasteiger partial charge in [0.2, 0.25) is 0 Å². The molecule has 0 amide bonds. The van der Waals surface area contributed by atoms with E-state index < -0.39 is 21.8 Å². The quantitative estimate of drug-likeness (QED) is 0.182. The minimum absolute atomic E-state index is 0. The normalized spacial score (nSPS) is 12.7. The van der Waals surface area contributed by atoms with Crippen LogP contribution in [-0.4, -0.2) is 43.0 Å². The van der Waals surface area contributed by atoms with Crippen LogP contribution in [0.3, 0.4) is 0 Å². The molecule has 11 heteroatoms. The first-order valence-electron chi connectivity index (χ1n) is 14.4. The first kappa shape index (κ1) is 33.5. The number of aliphatic carboxylic acids is 1. The van der Waals surface area contributed by atoms with Gasteiger partial charge >= 0.3 is 35.5 Å². The number of carboxylic acid groups (broad SMARTS) is 1. The molecule has 44 heavy (non-hydrogen) atoms. The standard InChI is InChI=1S/C33H32N2O7S.Na/c34-19-29-27-10-6-21-17-23(41-14-3-1-2-5-31(36)37)8-12-25(21)32(27)33-26-13-9-24(42-15-4-16-43(38,39)40)18-22(26)7-11-28(33)30(29)20-35;/h8-9,12-13,17-18H,1-7,10-11,14-16H2,(H,36,37)(H,38,39,40);/q;+1/p-1. The van der Waals surface area contributed by atoms with Crippen molar-refractivity contribution >= 4 is 16.1 Å². The van der Waals surface area contributed by atoms with Gasteiger partial charge in [0.15, 0.2) is 0 Å². The number of carbonyl (C=O) groups is 1. The second-order valence-corrected chi connectivity index (χ2v) is 12.4. The Labute approximate surface area is 279 Å². The number of ether oxygens (including phenoxy) is 2. The van der Waals surface area contributed by atoms with Crippen LogP contribution >= 0.6 is 0 Å². The van der Waals surface area contributed by atoms with Crippen molar-refractivity contribution in [2.75, 3.05) is 19.0 Å². The fourth-order valence-corrected chi connectivity index (χ4v) is 6.58. The summed E-state index contributed by atoms with van der Waals surface area (Å²) < 4.78 is 44.4. The van der Waals surface area contributed by atoms with Crippen molar-refractivity contribution in [3.8, 4) is 45.9 Å². The van der Waals surface area contributed by atoms with Crippen molar-refractivity contribution < 1.29 is 61.9 Å². The molecule has 3 aromatic carbocycles. The second kappa shape index (κ2) is 14.6. The molecule has 3 aromatic rings. The number of nitriles is 2. The van der Waals surface area contributed by atoms with E-state index in [2.05, 4.69) is 12.1 Å². The topological polar surface area (TPSA) is 161 Å². The van der Waals surface area contributed by atoms with Crippen molar-refractivity contribution in [1.29, 1.82) is 10.5 Å². The first-order chi connectivity index (χ1) is 20.7. The van der Waals surface area contributed by atoms with Crippen LogP contribution < -0.4 is 39.0 Å². The summed E-state index contributed by atoms with van der Waals surface area (Å²) in [6, 6.07) is 16.3. The Morgan fingerprint density at radius 2 is 1.30 bits per heavy atom. The van der Waals surface area contributed by atoms with E-state index in [1.165, 1.54) is 0 Å². The van der Waals surface area contributed by atoms with Crippen LogP contribution in [0.5, 0.6) is 11.5 Å². The van der Waals surface area contributed by atoms with E-state index in [1.807, 2.05) is 36.4 Å². The van der Waals surface area contributed by atoms with Crippen LogP contribution in [0.4, 0.5) is 0 Å². The Bertz CT molecular complexity index is 1770. The second-order valence-electron chi connectivity index (χ2n) is 10.8. The smallest absolute Gasteiger partial charge is 0.748 e. The van der Waals surface area contributed by atoms with Crippen molar-refractivity contribution in [3.63, 3.8) is 0 Å². The molecule has 0 aliphatic heterocycles. The molecule has 2 aliphatic rings. The zero-order valence-corrected chi connectivity index (χ0v) is 27.5. The molecule has 1 N–H and O–H groups in total. The molecule has 0 atom stereocenters. The predicted molar refractivity (Wildman–Crippen MR) is 158 cm³/mol. The number of benzene rings is 3. The van der Waals surface area contributed by atoms with Gasteiger partial charge in [-0.1, -0.05) is 12.1 Å². The maximum absolute atomic E-state index is 10.9. The number of fused-ring (bicyclic) bond motifs is 7. The molecule has 0 bridgehead atoms. The molecule has 0 unspecified atom stereocenters. The number of rotatable bonds is 12. The van der Waals surface area contributed by atoms with Gasteiger partial charge in [-0.3, -0.25) is 4.79 Å². The van der Waals surface area contributed by atoms with Crippen molar-refractivity contribution in [1.82, 2.24) is 0 Å². The zero-order chi connectivity index (χ0) is 30.6. The van der Waals surface area contributed by atoms with E-state index in [9.17, 15) is 28.3 Å². The van der Waals surface area contributed by atoms with Gasteiger partial charge in [-0.15, -0.1) is 0 Å². The average Bonchev–Trinajstić information content (AvgIpc) is 2.98. The molecule has 2 aliphatic carbocycles. The van der Waals surface area contributed by atoms with Crippen LogP contribution in [0.25, 0.3) is 22.3 Å². The predicted octanol–water partition coefficient (Wildman–Crippen LogP) is 2.30. The van der Waals surface area contributed by atoms with Gasteiger partial charge in [-0.05, 0) is 120 Å². The molecule has 9 nitrogen and oxygen atoms in total. The molecule has 0 spiro atoms. The van der Waals surface area contributed by atoms with Gasteiger partial charge < -0.3 is 19.1 Å². The van der Waals surface area contributed by atoms with Gasteiger partial charge in [0.25, 0.3) is 0 Å². The molecule has 222 valence electrons. The van der Waals surface area contributed by atoms with Crippen LogP contribution in [0.1, 0.15) is 65.5 Å². The maximum atomic E-state index is 10.9. The molecular formula is C33H31N2NaO7S. The Balaban J connectivity index is 0.00000442. The van der Waals surface area contributed by atoms with Crippen molar-refractivity contribution in [2.45, 2.75) is 57.8 Å². The summed E-state index contributed by atoms with van der Waals surface area (Å²) in [7, 11) is -4.29. The van der Waals surface area contributed by atoms with Gasteiger partial charge in [-0.25, -0.2) is 8.42 Å². The van der Waals surface area contributed by atoms with E-state index in [0.29, 0.717) is 55.6 Å². The fourth-order valence-electron chi connectivity index (χ4n) is 6.11. The van der Waals surface area contributed by atoms with Gasteiger partial charge in [0.05, 0.1) is 34.5 Å². The van der Waals surface area contributed by atoms with E-state index in [0.717, 1.165) is 63.1 Å². The van der Waals surface area contributed by atoms with E-state index in [-0.39, 0.29) is 49.0 Å². The van der Waals surface area contributed by atoms with Crippen LogP contribution in [0.15, 0.2) is 36.4 Å². The number of hydrogen-bond donors (Lipinski definition) is 1. The maximum Gasteiger partial charge on any atom is 1.00 e. The SMILES string of the molecule is N#Cc1c(C#N)c2c(c3c1CCc1cc(OCCCCCC(=O)O)ccc1-3)-c1ccc(OCCCS(=O)(=O)[O-])cc1CC2.[Na+]. The Hall–Kier alpha value is -3.38. The Morgan fingerprint density at radius 3 is 1.75 bits per heavy atom. The summed E-state index contributed by atoms with van der Waals surface area (Å²) in [5.74, 6) is 0.0610. The summed E-state index contributed by atoms with van der Waals surface area (Å²) in [5, 5.41) is 29.1. The summed E-state index contributed by atoms with van der Waals surface area (Å²) in [5.41, 5.74) is 8.69. The molecule has 0 aromatic heterocycles. The van der Waals surface area contributed by atoms with E-state index in [4.69, 9.17) is 14.6 Å². The molecule has 0 saturated heterocycles. The first-order valence-corrected chi connectivity index (χ1v) is 16.0. The summed E-state index contributed by atoms with van der Waals surface area (Å²) in [4.78, 5) is 10.7. The summed E-state index contributed by atoms with van der Waals surface area (Å²) in [6.45, 7) is 0.607. The molecule has 0 fully saturated rings. The minimum Gasteiger partial charge on any atom is -0.748 e. The molecule has 0 heterocycles.